The van der Waals surface area contributed by atoms with Crippen LogP contribution in [-0.4, -0.2) is 29.0 Å². The van der Waals surface area contributed by atoms with Gasteiger partial charge >= 0.3 is 11.8 Å². The summed E-state index contributed by atoms with van der Waals surface area (Å²) < 4.78 is 0. The molecule has 3 amide bonds. The molecule has 0 saturated carbocycles. The van der Waals surface area contributed by atoms with E-state index in [9.17, 15) is 19.5 Å². The number of nitrogens with zero attached hydrogens (tertiary/aromatic N) is 1. The minimum absolute atomic E-state index is 0.0143. The molecule has 0 aliphatic heterocycles. The zero-order valence-electron chi connectivity index (χ0n) is 17.9. The van der Waals surface area contributed by atoms with E-state index in [1.807, 2.05) is 30.3 Å². The molecule has 0 fully saturated rings. The van der Waals surface area contributed by atoms with Gasteiger partial charge in [-0.15, -0.1) is 0 Å². The molecule has 4 aromatic rings. The average molecular weight is 452 g/mol. The molecule has 34 heavy (non-hydrogen) atoms. The third-order valence-electron chi connectivity index (χ3n) is 4.97. The molecular weight excluding hydrogens is 432 g/mol. The number of phenolic OH excluding ortho intramolecular Hbond substituents is 1. The van der Waals surface area contributed by atoms with E-state index in [2.05, 4.69) is 21.2 Å². The first kappa shape index (κ1) is 22.2. The molecule has 4 N–H and O–H groups in total. The maximum absolute atomic E-state index is 12.6. The summed E-state index contributed by atoms with van der Waals surface area (Å²) in [5.74, 6) is -2.49. The number of rotatable bonds is 5. The normalized spacial score (nSPS) is 10.7. The molecule has 0 heterocycles. The number of carbonyl (C=O) groups excluding carboxylic acids is 3. The summed E-state index contributed by atoms with van der Waals surface area (Å²) >= 11 is 0. The van der Waals surface area contributed by atoms with Crippen molar-refractivity contribution >= 4 is 46.1 Å². The van der Waals surface area contributed by atoms with Crippen LogP contribution in [0.25, 0.3) is 10.8 Å². The first-order valence-corrected chi connectivity index (χ1v) is 10.3. The quantitative estimate of drug-likeness (QED) is 0.209. The van der Waals surface area contributed by atoms with Crippen molar-refractivity contribution in [2.75, 3.05) is 10.6 Å². The number of anilines is 2. The molecule has 0 atom stereocenters. The van der Waals surface area contributed by atoms with Crippen LogP contribution in [0.3, 0.4) is 0 Å². The molecular formula is C26H20N4O4. The summed E-state index contributed by atoms with van der Waals surface area (Å²) in [5.41, 5.74) is 3.50. The number of nitrogens with one attached hydrogen (secondary N) is 3. The molecule has 0 aromatic heterocycles. The van der Waals surface area contributed by atoms with Gasteiger partial charge in [0, 0.05) is 11.3 Å². The van der Waals surface area contributed by atoms with Crippen molar-refractivity contribution in [1.82, 2.24) is 5.43 Å². The smallest absolute Gasteiger partial charge is 0.329 e. The van der Waals surface area contributed by atoms with Crippen LogP contribution in [0.1, 0.15) is 15.9 Å². The monoisotopic (exact) mass is 452 g/mol. The number of hydrogen-bond donors (Lipinski definition) is 4. The zero-order chi connectivity index (χ0) is 23.9. The number of aromatic hydroxyl groups is 1. The van der Waals surface area contributed by atoms with Gasteiger partial charge in [-0.3, -0.25) is 14.4 Å². The number of benzene rings is 4. The number of phenols is 1. The Kier molecular flexibility index (Phi) is 6.60. The van der Waals surface area contributed by atoms with E-state index in [-0.39, 0.29) is 17.0 Å². The Morgan fingerprint density at radius 2 is 1.44 bits per heavy atom. The van der Waals surface area contributed by atoms with Crippen LogP contribution in [0.5, 0.6) is 5.75 Å². The Morgan fingerprint density at radius 3 is 2.26 bits per heavy atom. The zero-order valence-corrected chi connectivity index (χ0v) is 17.9. The number of carbonyl (C=O) groups is 3. The fraction of sp³-hybridized carbons (Fsp3) is 0. The molecule has 4 rings (SSSR count). The second-order valence-electron chi connectivity index (χ2n) is 7.24. The summed E-state index contributed by atoms with van der Waals surface area (Å²) in [5, 5.41) is 20.7. The first-order chi connectivity index (χ1) is 16.5. The third-order valence-corrected chi connectivity index (χ3v) is 4.97. The summed E-state index contributed by atoms with van der Waals surface area (Å²) in [6.45, 7) is 0. The van der Waals surface area contributed by atoms with Crippen LogP contribution in [0.15, 0.2) is 96.1 Å². The molecule has 4 aromatic carbocycles. The van der Waals surface area contributed by atoms with Gasteiger partial charge in [-0.05, 0) is 41.1 Å². The Hall–Kier alpha value is -4.98. The molecule has 0 saturated heterocycles. The summed E-state index contributed by atoms with van der Waals surface area (Å²) in [6.07, 6.45) is 1.27. The highest BCUT2D eigenvalue weighted by Crippen LogP contribution is 2.25. The van der Waals surface area contributed by atoms with Crippen LogP contribution < -0.4 is 16.1 Å². The van der Waals surface area contributed by atoms with E-state index < -0.39 is 17.7 Å². The van der Waals surface area contributed by atoms with Gasteiger partial charge in [0.1, 0.15) is 5.75 Å². The maximum atomic E-state index is 12.6. The second-order valence-corrected chi connectivity index (χ2v) is 7.24. The Labute approximate surface area is 194 Å². The topological polar surface area (TPSA) is 120 Å². The molecule has 0 unspecified atom stereocenters. The molecule has 168 valence electrons. The standard InChI is InChI=1S/C26H20N4O4/c31-23-15-14-17-8-4-5-11-19(17)21(23)16-27-30-26(34)25(33)29-22-13-7-6-12-20(22)24(32)28-18-9-2-1-3-10-18/h1-16,31H,(H,28,32)(H,29,33)(H,30,34)/b27-16+. The Morgan fingerprint density at radius 1 is 0.735 bits per heavy atom. The van der Waals surface area contributed by atoms with E-state index in [4.69, 9.17) is 0 Å². The van der Waals surface area contributed by atoms with Crippen molar-refractivity contribution in [3.05, 3.63) is 102 Å². The first-order valence-electron chi connectivity index (χ1n) is 10.3. The van der Waals surface area contributed by atoms with Crippen LogP contribution >= 0.6 is 0 Å². The fourth-order valence-electron chi connectivity index (χ4n) is 3.32. The number of para-hydroxylation sites is 2. The molecule has 0 bridgehead atoms. The predicted octanol–water partition coefficient (Wildman–Crippen LogP) is 3.89. The van der Waals surface area contributed by atoms with Gasteiger partial charge < -0.3 is 15.7 Å². The van der Waals surface area contributed by atoms with Crippen LogP contribution in [0, 0.1) is 0 Å². The highest BCUT2D eigenvalue weighted by Gasteiger charge is 2.18. The van der Waals surface area contributed by atoms with Crippen LogP contribution in [0.2, 0.25) is 0 Å². The van der Waals surface area contributed by atoms with E-state index in [1.165, 1.54) is 24.4 Å². The van der Waals surface area contributed by atoms with Gasteiger partial charge in [-0.1, -0.05) is 60.7 Å². The number of hydrogen-bond acceptors (Lipinski definition) is 5. The number of hydrazone groups is 1. The van der Waals surface area contributed by atoms with Crippen molar-refractivity contribution in [3.63, 3.8) is 0 Å². The second kappa shape index (κ2) is 10.1. The maximum Gasteiger partial charge on any atom is 0.329 e. The Bertz CT molecular complexity index is 1400. The predicted molar refractivity (Wildman–Crippen MR) is 131 cm³/mol. The molecule has 0 radical (unpaired) electrons. The lowest BCUT2D eigenvalue weighted by Crippen LogP contribution is -2.33. The summed E-state index contributed by atoms with van der Waals surface area (Å²) in [7, 11) is 0. The van der Waals surface area contributed by atoms with Crippen molar-refractivity contribution < 1.29 is 19.5 Å². The summed E-state index contributed by atoms with van der Waals surface area (Å²) in [6, 6.07) is 25.9. The fourth-order valence-corrected chi connectivity index (χ4v) is 3.32. The van der Waals surface area contributed by atoms with Gasteiger partial charge in [0.25, 0.3) is 5.91 Å². The molecule has 8 nitrogen and oxygen atoms in total. The average Bonchev–Trinajstić information content (AvgIpc) is 2.86. The molecule has 8 heteroatoms. The highest BCUT2D eigenvalue weighted by atomic mass is 16.3. The molecule has 0 aliphatic carbocycles. The van der Waals surface area contributed by atoms with Crippen molar-refractivity contribution in [2.24, 2.45) is 5.10 Å². The van der Waals surface area contributed by atoms with Crippen LogP contribution in [-0.2, 0) is 9.59 Å². The molecule has 0 spiro atoms. The largest absolute Gasteiger partial charge is 0.507 e. The highest BCUT2D eigenvalue weighted by molar-refractivity contribution is 6.40. The van der Waals surface area contributed by atoms with Crippen molar-refractivity contribution in [3.8, 4) is 5.75 Å². The molecule has 0 aliphatic rings. The van der Waals surface area contributed by atoms with E-state index in [0.29, 0.717) is 11.3 Å². The summed E-state index contributed by atoms with van der Waals surface area (Å²) in [4.78, 5) is 37.3. The van der Waals surface area contributed by atoms with Gasteiger partial charge in [-0.2, -0.15) is 5.10 Å². The van der Waals surface area contributed by atoms with Gasteiger partial charge in [0.2, 0.25) is 0 Å². The minimum Gasteiger partial charge on any atom is -0.507 e. The van der Waals surface area contributed by atoms with E-state index >= 15 is 0 Å². The Balaban J connectivity index is 1.44. The van der Waals surface area contributed by atoms with E-state index in [0.717, 1.165) is 10.8 Å². The number of amides is 3. The minimum atomic E-state index is -1.03. The van der Waals surface area contributed by atoms with Gasteiger partial charge in [0.05, 0.1) is 17.5 Å². The van der Waals surface area contributed by atoms with Crippen molar-refractivity contribution in [2.45, 2.75) is 0 Å². The van der Waals surface area contributed by atoms with Crippen LogP contribution in [0.4, 0.5) is 11.4 Å². The lowest BCUT2D eigenvalue weighted by molar-refractivity contribution is -0.136. The lowest BCUT2D eigenvalue weighted by Gasteiger charge is -2.11. The van der Waals surface area contributed by atoms with Gasteiger partial charge in [0.15, 0.2) is 0 Å². The third kappa shape index (κ3) is 5.08. The van der Waals surface area contributed by atoms with Crippen molar-refractivity contribution in [1.29, 1.82) is 0 Å². The van der Waals surface area contributed by atoms with E-state index in [1.54, 1.807) is 42.5 Å². The SMILES string of the molecule is O=C(N/N=C/c1c(O)ccc2ccccc12)C(=O)Nc1ccccc1C(=O)Nc1ccccc1. The number of fused-ring (bicyclic) bond motifs is 1. The van der Waals surface area contributed by atoms with Gasteiger partial charge in [-0.25, -0.2) is 5.43 Å². The lowest BCUT2D eigenvalue weighted by atomic mass is 10.0.